The molecule has 114 valence electrons. The third kappa shape index (κ3) is 2.36. The summed E-state index contributed by atoms with van der Waals surface area (Å²) in [6, 6.07) is 7.81. The van der Waals surface area contributed by atoms with E-state index in [0.717, 1.165) is 18.5 Å². The number of nitrogens with zero attached hydrogens (tertiary/aromatic N) is 1. The van der Waals surface area contributed by atoms with Gasteiger partial charge < -0.3 is 9.84 Å². The van der Waals surface area contributed by atoms with Crippen LogP contribution in [0.2, 0.25) is 0 Å². The van der Waals surface area contributed by atoms with Crippen molar-refractivity contribution in [2.45, 2.75) is 44.4 Å². The fourth-order valence-electron chi connectivity index (χ4n) is 4.12. The van der Waals surface area contributed by atoms with Crippen LogP contribution in [0.1, 0.15) is 41.6 Å². The van der Waals surface area contributed by atoms with Crippen molar-refractivity contribution in [1.82, 2.24) is 4.90 Å². The lowest BCUT2D eigenvalue weighted by Crippen LogP contribution is -2.66. The molecule has 0 aliphatic heterocycles. The summed E-state index contributed by atoms with van der Waals surface area (Å²) in [5, 5.41) is 9.08. The number of benzene rings is 1. The number of methoxy groups -OCH3 is 1. The van der Waals surface area contributed by atoms with Crippen LogP contribution in [-0.2, 0) is 11.3 Å². The Morgan fingerprint density at radius 2 is 2.24 bits per heavy atom. The maximum absolute atomic E-state index is 11.1. The highest BCUT2D eigenvalue weighted by Crippen LogP contribution is 2.58. The molecule has 1 N–H and O–H groups in total. The average Bonchev–Trinajstić information content (AvgIpc) is 2.36. The van der Waals surface area contributed by atoms with Gasteiger partial charge in [0.05, 0.1) is 11.7 Å². The summed E-state index contributed by atoms with van der Waals surface area (Å²) < 4.78 is 5.62. The molecule has 1 spiro atoms. The van der Waals surface area contributed by atoms with Gasteiger partial charge in [0, 0.05) is 25.1 Å². The highest BCUT2D eigenvalue weighted by Gasteiger charge is 2.59. The number of hydrogen-bond acceptors (Lipinski definition) is 3. The number of carboxylic acid groups (broad SMARTS) is 1. The van der Waals surface area contributed by atoms with E-state index in [1.807, 2.05) is 19.2 Å². The van der Waals surface area contributed by atoms with Gasteiger partial charge in [-0.1, -0.05) is 18.6 Å². The Bertz CT molecular complexity index is 539. The third-order valence-electron chi connectivity index (χ3n) is 5.45. The molecule has 2 aliphatic carbocycles. The van der Waals surface area contributed by atoms with E-state index >= 15 is 0 Å². The summed E-state index contributed by atoms with van der Waals surface area (Å²) in [6.45, 7) is 0.796. The summed E-state index contributed by atoms with van der Waals surface area (Å²) in [5.41, 5.74) is 1.78. The molecule has 4 heteroatoms. The molecule has 2 aliphatic rings. The van der Waals surface area contributed by atoms with E-state index in [9.17, 15) is 4.79 Å². The Morgan fingerprint density at radius 1 is 1.48 bits per heavy atom. The van der Waals surface area contributed by atoms with Crippen molar-refractivity contribution in [3.05, 3.63) is 35.4 Å². The van der Waals surface area contributed by atoms with Crippen molar-refractivity contribution in [3.63, 3.8) is 0 Å². The molecule has 0 aromatic heterocycles. The molecule has 3 rings (SSSR count). The Kier molecular flexibility index (Phi) is 3.76. The molecule has 4 nitrogen and oxygen atoms in total. The van der Waals surface area contributed by atoms with Gasteiger partial charge in [-0.25, -0.2) is 4.79 Å². The number of aromatic carboxylic acids is 1. The van der Waals surface area contributed by atoms with Crippen molar-refractivity contribution in [3.8, 4) is 0 Å². The van der Waals surface area contributed by atoms with Gasteiger partial charge in [-0.2, -0.15) is 0 Å². The Hall–Kier alpha value is -1.39. The molecule has 0 radical (unpaired) electrons. The molecule has 0 saturated heterocycles. The van der Waals surface area contributed by atoms with Gasteiger partial charge in [0.1, 0.15) is 0 Å². The first-order chi connectivity index (χ1) is 10.1. The first-order valence-electron chi connectivity index (χ1n) is 7.62. The van der Waals surface area contributed by atoms with E-state index in [-0.39, 0.29) is 0 Å². The monoisotopic (exact) mass is 289 g/mol. The second-order valence-corrected chi connectivity index (χ2v) is 6.48. The standard InChI is InChI=1S/C17H23NO3/c1-18(11-12-5-3-6-13(9-12)16(19)20)14-10-15(21-2)17(14)7-4-8-17/h3,5-6,9,14-15H,4,7-8,10-11H2,1-2H3,(H,19,20). The second-order valence-electron chi connectivity index (χ2n) is 6.48. The summed E-state index contributed by atoms with van der Waals surface area (Å²) in [4.78, 5) is 13.4. The SMILES string of the molecule is COC1CC(N(C)Cc2cccc(C(=O)O)c2)C12CCC2. The summed E-state index contributed by atoms with van der Waals surface area (Å²) in [5.74, 6) is -0.863. The Balaban J connectivity index is 1.68. The van der Waals surface area contributed by atoms with E-state index in [1.54, 1.807) is 12.1 Å². The number of rotatable bonds is 5. The van der Waals surface area contributed by atoms with Gasteiger partial charge in [-0.05, 0) is 44.0 Å². The van der Waals surface area contributed by atoms with Crippen LogP contribution in [0.25, 0.3) is 0 Å². The third-order valence-corrected chi connectivity index (χ3v) is 5.45. The van der Waals surface area contributed by atoms with Crippen LogP contribution in [-0.4, -0.2) is 42.3 Å². The molecule has 2 atom stereocenters. The van der Waals surface area contributed by atoms with Crippen LogP contribution in [0.5, 0.6) is 0 Å². The fourth-order valence-corrected chi connectivity index (χ4v) is 4.12. The van der Waals surface area contributed by atoms with Crippen LogP contribution in [0.4, 0.5) is 0 Å². The second kappa shape index (κ2) is 5.43. The number of carbonyl (C=O) groups is 1. The van der Waals surface area contributed by atoms with Crippen molar-refractivity contribution in [1.29, 1.82) is 0 Å². The smallest absolute Gasteiger partial charge is 0.335 e. The maximum atomic E-state index is 11.1. The lowest BCUT2D eigenvalue weighted by atomic mass is 9.50. The van der Waals surface area contributed by atoms with Crippen LogP contribution in [0.15, 0.2) is 24.3 Å². The van der Waals surface area contributed by atoms with Crippen molar-refractivity contribution >= 4 is 5.97 Å². The van der Waals surface area contributed by atoms with E-state index in [1.165, 1.54) is 19.3 Å². The van der Waals surface area contributed by atoms with Crippen molar-refractivity contribution in [2.24, 2.45) is 5.41 Å². The summed E-state index contributed by atoms with van der Waals surface area (Å²) in [6.07, 6.45) is 5.32. The van der Waals surface area contributed by atoms with E-state index in [0.29, 0.717) is 23.1 Å². The lowest BCUT2D eigenvalue weighted by Gasteiger charge is -2.63. The summed E-state index contributed by atoms with van der Waals surface area (Å²) >= 11 is 0. The van der Waals surface area contributed by atoms with Gasteiger partial charge >= 0.3 is 5.97 Å². The first kappa shape index (κ1) is 14.5. The van der Waals surface area contributed by atoms with Gasteiger partial charge in [0.2, 0.25) is 0 Å². The first-order valence-corrected chi connectivity index (χ1v) is 7.62. The summed E-state index contributed by atoms with van der Waals surface area (Å²) in [7, 11) is 3.96. The quantitative estimate of drug-likeness (QED) is 0.905. The highest BCUT2D eigenvalue weighted by molar-refractivity contribution is 5.87. The van der Waals surface area contributed by atoms with E-state index in [2.05, 4.69) is 11.9 Å². The number of ether oxygens (including phenoxy) is 1. The van der Waals surface area contributed by atoms with Gasteiger partial charge in [0.15, 0.2) is 0 Å². The minimum atomic E-state index is -0.863. The molecule has 2 saturated carbocycles. The molecular weight excluding hydrogens is 266 g/mol. The minimum absolute atomic E-state index is 0.355. The molecule has 2 unspecified atom stereocenters. The molecule has 0 heterocycles. The Labute approximate surface area is 125 Å². The van der Waals surface area contributed by atoms with E-state index < -0.39 is 5.97 Å². The zero-order valence-electron chi connectivity index (χ0n) is 12.7. The average molecular weight is 289 g/mol. The van der Waals surface area contributed by atoms with E-state index in [4.69, 9.17) is 9.84 Å². The maximum Gasteiger partial charge on any atom is 0.335 e. The van der Waals surface area contributed by atoms with Gasteiger partial charge in [0.25, 0.3) is 0 Å². The molecule has 0 bridgehead atoms. The molecule has 0 amide bonds. The van der Waals surface area contributed by atoms with Crippen molar-refractivity contribution < 1.29 is 14.6 Å². The zero-order chi connectivity index (χ0) is 15.0. The highest BCUT2D eigenvalue weighted by atomic mass is 16.5. The zero-order valence-corrected chi connectivity index (χ0v) is 12.7. The molecule has 1 aromatic rings. The van der Waals surface area contributed by atoms with Crippen LogP contribution >= 0.6 is 0 Å². The molecule has 21 heavy (non-hydrogen) atoms. The molecular formula is C17H23NO3. The van der Waals surface area contributed by atoms with Gasteiger partial charge in [-0.15, -0.1) is 0 Å². The van der Waals surface area contributed by atoms with Gasteiger partial charge in [-0.3, -0.25) is 4.90 Å². The molecule has 2 fully saturated rings. The topological polar surface area (TPSA) is 49.8 Å². The fraction of sp³-hybridized carbons (Fsp3) is 0.588. The van der Waals surface area contributed by atoms with Crippen LogP contribution < -0.4 is 0 Å². The largest absolute Gasteiger partial charge is 0.478 e. The Morgan fingerprint density at radius 3 is 2.81 bits per heavy atom. The predicted octanol–water partition coefficient (Wildman–Crippen LogP) is 2.77. The normalized spacial score (nSPS) is 26.4. The van der Waals surface area contributed by atoms with Crippen LogP contribution in [0.3, 0.4) is 0 Å². The van der Waals surface area contributed by atoms with Crippen molar-refractivity contribution in [2.75, 3.05) is 14.2 Å². The number of hydrogen-bond donors (Lipinski definition) is 1. The van der Waals surface area contributed by atoms with Crippen LogP contribution in [0, 0.1) is 5.41 Å². The molecule has 1 aromatic carbocycles. The predicted molar refractivity (Wildman–Crippen MR) is 80.4 cm³/mol. The minimum Gasteiger partial charge on any atom is -0.478 e. The lowest BCUT2D eigenvalue weighted by molar-refractivity contribution is -0.192. The number of carboxylic acids is 1.